The maximum absolute atomic E-state index is 2.31. The zero-order valence-electron chi connectivity index (χ0n) is 15.2. The fourth-order valence-electron chi connectivity index (χ4n) is 3.47. The van der Waals surface area contributed by atoms with Crippen LogP contribution >= 0.6 is 23.5 Å². The van der Waals surface area contributed by atoms with Crippen molar-refractivity contribution >= 4 is 23.5 Å². The van der Waals surface area contributed by atoms with Crippen LogP contribution in [-0.2, 0) is 12.3 Å². The van der Waals surface area contributed by atoms with Crippen molar-refractivity contribution in [2.45, 2.75) is 27.3 Å². The van der Waals surface area contributed by atoms with Crippen LogP contribution in [0, 0.1) is 0 Å². The van der Waals surface area contributed by atoms with Crippen LogP contribution in [0.2, 0.25) is 0 Å². The summed E-state index contributed by atoms with van der Waals surface area (Å²) in [5.74, 6) is 1.05. The van der Waals surface area contributed by atoms with Gasteiger partial charge in [0.15, 0.2) is 0 Å². The SMILES string of the molecule is C[NH+](C)Cc1ccccc1S[C@H]1c2ccccc2CSc2ccccc21. The van der Waals surface area contributed by atoms with E-state index < -0.39 is 0 Å². The van der Waals surface area contributed by atoms with Crippen molar-refractivity contribution in [3.8, 4) is 0 Å². The second kappa shape index (κ2) is 7.91. The molecule has 0 unspecified atom stereocenters. The van der Waals surface area contributed by atoms with Crippen LogP contribution in [0.3, 0.4) is 0 Å². The predicted molar refractivity (Wildman–Crippen MR) is 113 cm³/mol. The van der Waals surface area contributed by atoms with Crippen molar-refractivity contribution in [1.82, 2.24) is 0 Å². The molecule has 1 aliphatic heterocycles. The second-order valence-electron chi connectivity index (χ2n) is 7.01. The average Bonchev–Trinajstić information content (AvgIpc) is 2.81. The van der Waals surface area contributed by atoms with Crippen LogP contribution in [0.5, 0.6) is 0 Å². The van der Waals surface area contributed by atoms with Gasteiger partial charge in [0.05, 0.1) is 19.3 Å². The summed E-state index contributed by atoms with van der Waals surface area (Å²) in [6.07, 6.45) is 0. The van der Waals surface area contributed by atoms with Crippen molar-refractivity contribution < 1.29 is 4.90 Å². The first-order valence-corrected chi connectivity index (χ1v) is 10.9. The lowest BCUT2D eigenvalue weighted by molar-refractivity contribution is -0.872. The molecule has 0 bridgehead atoms. The molecule has 3 heteroatoms. The second-order valence-corrected chi connectivity index (χ2v) is 9.18. The Morgan fingerprint density at radius 3 is 2.42 bits per heavy atom. The number of thioether (sulfide) groups is 2. The molecule has 26 heavy (non-hydrogen) atoms. The summed E-state index contributed by atoms with van der Waals surface area (Å²) in [7, 11) is 4.43. The largest absolute Gasteiger partial charge is 0.336 e. The Kier molecular flexibility index (Phi) is 5.39. The van der Waals surface area contributed by atoms with Crippen molar-refractivity contribution in [1.29, 1.82) is 0 Å². The molecule has 1 heterocycles. The molecule has 0 aliphatic carbocycles. The Bertz CT molecular complexity index is 856. The summed E-state index contributed by atoms with van der Waals surface area (Å²) < 4.78 is 0. The normalized spacial score (nSPS) is 16.0. The van der Waals surface area contributed by atoms with Gasteiger partial charge in [0.2, 0.25) is 0 Å². The summed E-state index contributed by atoms with van der Waals surface area (Å²) in [6, 6.07) is 26.8. The molecule has 0 saturated heterocycles. The van der Waals surface area contributed by atoms with Crippen LogP contribution in [-0.4, -0.2) is 14.1 Å². The fraction of sp³-hybridized carbons (Fsp3) is 0.217. The Labute approximate surface area is 164 Å². The van der Waals surface area contributed by atoms with E-state index in [0.29, 0.717) is 5.25 Å². The van der Waals surface area contributed by atoms with Crippen LogP contribution in [0.15, 0.2) is 82.6 Å². The molecule has 1 nitrogen and oxygen atoms in total. The summed E-state index contributed by atoms with van der Waals surface area (Å²) in [5, 5.41) is 0.343. The summed E-state index contributed by atoms with van der Waals surface area (Å²) in [6.45, 7) is 1.05. The Balaban J connectivity index is 1.79. The number of quaternary nitrogens is 1. The lowest BCUT2D eigenvalue weighted by Gasteiger charge is -2.21. The van der Waals surface area contributed by atoms with Gasteiger partial charge in [-0.05, 0) is 28.8 Å². The molecule has 0 saturated carbocycles. The lowest BCUT2D eigenvalue weighted by Crippen LogP contribution is -3.04. The van der Waals surface area contributed by atoms with Crippen LogP contribution < -0.4 is 4.90 Å². The minimum absolute atomic E-state index is 0.343. The zero-order valence-corrected chi connectivity index (χ0v) is 16.9. The highest BCUT2D eigenvalue weighted by Crippen LogP contribution is 2.48. The molecule has 0 amide bonds. The molecule has 1 N–H and O–H groups in total. The molecule has 0 radical (unpaired) electrons. The molecule has 3 aromatic rings. The Morgan fingerprint density at radius 2 is 1.58 bits per heavy atom. The van der Waals surface area contributed by atoms with Crippen molar-refractivity contribution in [2.24, 2.45) is 0 Å². The molecule has 132 valence electrons. The lowest BCUT2D eigenvalue weighted by atomic mass is 10.0. The minimum atomic E-state index is 0.343. The third-order valence-corrected chi connectivity index (χ3v) is 7.22. The smallest absolute Gasteiger partial charge is 0.103 e. The number of hydrogen-bond donors (Lipinski definition) is 1. The highest BCUT2D eigenvalue weighted by atomic mass is 32.2. The predicted octanol–water partition coefficient (Wildman–Crippen LogP) is 4.82. The first-order valence-electron chi connectivity index (χ1n) is 9.05. The maximum Gasteiger partial charge on any atom is 0.103 e. The van der Waals surface area contributed by atoms with Gasteiger partial charge in [-0.15, -0.1) is 23.5 Å². The van der Waals surface area contributed by atoms with Crippen molar-refractivity contribution in [3.63, 3.8) is 0 Å². The van der Waals surface area contributed by atoms with E-state index in [0.717, 1.165) is 12.3 Å². The Hall–Kier alpha value is -1.68. The zero-order chi connectivity index (χ0) is 17.9. The minimum Gasteiger partial charge on any atom is -0.336 e. The summed E-state index contributed by atoms with van der Waals surface area (Å²) in [5.41, 5.74) is 5.80. The molecule has 1 atom stereocenters. The van der Waals surface area contributed by atoms with Gasteiger partial charge < -0.3 is 4.90 Å². The van der Waals surface area contributed by atoms with E-state index in [-0.39, 0.29) is 0 Å². The number of rotatable bonds is 4. The molecule has 3 aromatic carbocycles. The molecule has 0 spiro atoms. The maximum atomic E-state index is 2.31. The van der Waals surface area contributed by atoms with Crippen molar-refractivity contribution in [2.75, 3.05) is 14.1 Å². The topological polar surface area (TPSA) is 4.44 Å². The van der Waals surface area contributed by atoms with E-state index in [1.807, 2.05) is 23.5 Å². The van der Waals surface area contributed by atoms with Crippen LogP contribution in [0.25, 0.3) is 0 Å². The molecule has 0 aromatic heterocycles. The van der Waals surface area contributed by atoms with E-state index in [1.54, 1.807) is 0 Å². The summed E-state index contributed by atoms with van der Waals surface area (Å²) >= 11 is 3.97. The monoisotopic (exact) mass is 378 g/mol. The number of nitrogens with one attached hydrogen (secondary N) is 1. The quantitative estimate of drug-likeness (QED) is 0.694. The molecular formula is C23H24NS2+. The third-order valence-electron chi connectivity index (χ3n) is 4.68. The highest BCUT2D eigenvalue weighted by Gasteiger charge is 2.25. The molecule has 4 rings (SSSR count). The molecular weight excluding hydrogens is 354 g/mol. The number of benzene rings is 3. The molecule has 0 fully saturated rings. The van der Waals surface area contributed by atoms with E-state index in [9.17, 15) is 0 Å². The van der Waals surface area contributed by atoms with Gasteiger partial charge in [-0.25, -0.2) is 0 Å². The van der Waals surface area contributed by atoms with Crippen LogP contribution in [0.4, 0.5) is 0 Å². The van der Waals surface area contributed by atoms with Gasteiger partial charge in [0, 0.05) is 21.1 Å². The fourth-order valence-corrected chi connectivity index (χ4v) is 6.04. The van der Waals surface area contributed by atoms with Gasteiger partial charge in [-0.3, -0.25) is 0 Å². The van der Waals surface area contributed by atoms with Gasteiger partial charge in [-0.1, -0.05) is 60.7 Å². The van der Waals surface area contributed by atoms with Gasteiger partial charge >= 0.3 is 0 Å². The van der Waals surface area contributed by atoms with E-state index in [1.165, 1.54) is 36.9 Å². The van der Waals surface area contributed by atoms with E-state index in [4.69, 9.17) is 0 Å². The van der Waals surface area contributed by atoms with Crippen molar-refractivity contribution in [3.05, 3.63) is 95.1 Å². The first-order chi connectivity index (χ1) is 12.7. The van der Waals surface area contributed by atoms with Crippen LogP contribution in [0.1, 0.15) is 27.5 Å². The van der Waals surface area contributed by atoms with E-state index in [2.05, 4.69) is 86.9 Å². The van der Waals surface area contributed by atoms with Gasteiger partial charge in [0.25, 0.3) is 0 Å². The van der Waals surface area contributed by atoms with Gasteiger partial charge in [0.1, 0.15) is 6.54 Å². The number of hydrogen-bond acceptors (Lipinski definition) is 2. The highest BCUT2D eigenvalue weighted by molar-refractivity contribution is 8.00. The standard InChI is InChI=1S/C23H23NS2/c1-24(2)15-17-9-4-7-13-21(17)26-23-19-11-5-3-10-18(19)16-25-22-14-8-6-12-20(22)23/h3-14,23H,15-16H2,1-2H3/p+1/t23-/m0/s1. The molecule has 1 aliphatic rings. The first kappa shape index (κ1) is 17.7. The third kappa shape index (κ3) is 3.71. The average molecular weight is 379 g/mol. The Morgan fingerprint density at radius 1 is 0.885 bits per heavy atom. The number of fused-ring (bicyclic) bond motifs is 2. The summed E-state index contributed by atoms with van der Waals surface area (Å²) in [4.78, 5) is 4.27. The van der Waals surface area contributed by atoms with E-state index >= 15 is 0 Å². The van der Waals surface area contributed by atoms with Gasteiger partial charge in [-0.2, -0.15) is 0 Å².